The predicted octanol–water partition coefficient (Wildman–Crippen LogP) is 1.39. The molecule has 0 saturated carbocycles. The van der Waals surface area contributed by atoms with Crippen molar-refractivity contribution in [1.82, 2.24) is 15.5 Å². The second kappa shape index (κ2) is 7.40. The molecule has 0 spiro atoms. The van der Waals surface area contributed by atoms with Gasteiger partial charge in [0.15, 0.2) is 0 Å². The zero-order chi connectivity index (χ0) is 16.1. The number of benzene rings is 1. The highest BCUT2D eigenvalue weighted by Crippen LogP contribution is 2.17. The number of likely N-dealkylation sites (N-methyl/N-ethyl adjacent to an activating group) is 1. The zero-order valence-electron chi connectivity index (χ0n) is 13.6. The number of piperidine rings is 1. The van der Waals surface area contributed by atoms with Crippen molar-refractivity contribution in [1.29, 1.82) is 0 Å². The maximum Gasteiger partial charge on any atom is 0.251 e. The van der Waals surface area contributed by atoms with Crippen molar-refractivity contribution in [3.8, 4) is 0 Å². The van der Waals surface area contributed by atoms with E-state index in [0.29, 0.717) is 18.0 Å². The molecular formula is C17H25N3O2. The molecule has 5 heteroatoms. The summed E-state index contributed by atoms with van der Waals surface area (Å²) < 4.78 is 0. The van der Waals surface area contributed by atoms with Crippen molar-refractivity contribution in [3.63, 3.8) is 0 Å². The first-order chi connectivity index (χ1) is 10.5. The minimum Gasteiger partial charge on any atom is -0.355 e. The molecule has 0 radical (unpaired) electrons. The van der Waals surface area contributed by atoms with Crippen molar-refractivity contribution in [2.24, 2.45) is 5.92 Å². The number of nitrogens with zero attached hydrogens (tertiary/aromatic N) is 1. The average Bonchev–Trinajstić information content (AvgIpc) is 2.54. The lowest BCUT2D eigenvalue weighted by Crippen LogP contribution is -2.48. The van der Waals surface area contributed by atoms with Crippen LogP contribution in [-0.4, -0.2) is 43.4 Å². The molecule has 0 bridgehead atoms. The summed E-state index contributed by atoms with van der Waals surface area (Å²) in [7, 11) is 3.44. The Morgan fingerprint density at radius 3 is 2.59 bits per heavy atom. The van der Waals surface area contributed by atoms with Gasteiger partial charge in [-0.25, -0.2) is 0 Å². The molecule has 1 saturated heterocycles. The Balaban J connectivity index is 1.94. The monoisotopic (exact) mass is 303 g/mol. The van der Waals surface area contributed by atoms with Gasteiger partial charge in [0.2, 0.25) is 5.91 Å². The van der Waals surface area contributed by atoms with E-state index in [4.69, 9.17) is 0 Å². The first kappa shape index (κ1) is 16.5. The molecule has 5 nitrogen and oxygen atoms in total. The third kappa shape index (κ3) is 4.07. The van der Waals surface area contributed by atoms with Crippen molar-refractivity contribution >= 4 is 11.8 Å². The smallest absolute Gasteiger partial charge is 0.251 e. The van der Waals surface area contributed by atoms with Gasteiger partial charge in [-0.1, -0.05) is 19.1 Å². The van der Waals surface area contributed by atoms with E-state index in [1.165, 1.54) is 0 Å². The molecule has 2 atom stereocenters. The summed E-state index contributed by atoms with van der Waals surface area (Å²) in [5.41, 5.74) is 1.65. The number of carbonyl (C=O) groups is 2. The molecule has 2 rings (SSSR count). The Hall–Kier alpha value is -1.88. The Morgan fingerprint density at radius 2 is 2.00 bits per heavy atom. The maximum atomic E-state index is 12.5. The highest BCUT2D eigenvalue weighted by molar-refractivity contribution is 5.93. The standard InChI is InChI=1S/C17H25N3O2/c1-12-8-9-19-15(10-12)17(22)20(3)11-13-4-6-14(7-5-13)16(21)18-2/h4-7,12,15,19H,8-11H2,1-3H3,(H,18,21). The van der Waals surface area contributed by atoms with E-state index < -0.39 is 0 Å². The van der Waals surface area contributed by atoms with Gasteiger partial charge in [-0.05, 0) is 43.0 Å². The zero-order valence-corrected chi connectivity index (χ0v) is 13.6. The summed E-state index contributed by atoms with van der Waals surface area (Å²) >= 11 is 0. The Bertz CT molecular complexity index is 527. The van der Waals surface area contributed by atoms with Gasteiger partial charge >= 0.3 is 0 Å². The molecule has 0 aromatic heterocycles. The van der Waals surface area contributed by atoms with E-state index in [-0.39, 0.29) is 17.9 Å². The first-order valence-electron chi connectivity index (χ1n) is 7.80. The third-order valence-corrected chi connectivity index (χ3v) is 4.20. The van der Waals surface area contributed by atoms with Crippen LogP contribution in [-0.2, 0) is 11.3 Å². The van der Waals surface area contributed by atoms with E-state index in [2.05, 4.69) is 17.6 Å². The van der Waals surface area contributed by atoms with Gasteiger partial charge in [-0.15, -0.1) is 0 Å². The molecule has 1 heterocycles. The molecule has 1 fully saturated rings. The summed E-state index contributed by atoms with van der Waals surface area (Å²) in [6, 6.07) is 7.29. The lowest BCUT2D eigenvalue weighted by molar-refractivity contribution is -0.133. The molecule has 1 aliphatic heterocycles. The Morgan fingerprint density at radius 1 is 1.32 bits per heavy atom. The number of amides is 2. The highest BCUT2D eigenvalue weighted by atomic mass is 16.2. The van der Waals surface area contributed by atoms with Gasteiger partial charge in [0, 0.05) is 26.2 Å². The van der Waals surface area contributed by atoms with Crippen LogP contribution in [0, 0.1) is 5.92 Å². The topological polar surface area (TPSA) is 61.4 Å². The van der Waals surface area contributed by atoms with Crippen LogP contribution in [0.2, 0.25) is 0 Å². The van der Waals surface area contributed by atoms with Crippen LogP contribution in [0.25, 0.3) is 0 Å². The van der Waals surface area contributed by atoms with Gasteiger partial charge in [-0.3, -0.25) is 9.59 Å². The molecule has 1 aliphatic rings. The largest absolute Gasteiger partial charge is 0.355 e. The number of rotatable bonds is 4. The summed E-state index contributed by atoms with van der Waals surface area (Å²) in [6.07, 6.45) is 2.03. The molecular weight excluding hydrogens is 278 g/mol. The van der Waals surface area contributed by atoms with Gasteiger partial charge in [0.1, 0.15) is 0 Å². The lowest BCUT2D eigenvalue weighted by atomic mass is 9.93. The van der Waals surface area contributed by atoms with Crippen LogP contribution in [0.1, 0.15) is 35.7 Å². The summed E-state index contributed by atoms with van der Waals surface area (Å²) in [4.78, 5) is 25.7. The van der Waals surface area contributed by atoms with Gasteiger partial charge in [0.25, 0.3) is 5.91 Å². The van der Waals surface area contributed by atoms with Crippen LogP contribution >= 0.6 is 0 Å². The molecule has 2 N–H and O–H groups in total. The molecule has 22 heavy (non-hydrogen) atoms. The Kier molecular flexibility index (Phi) is 5.55. The number of carbonyl (C=O) groups excluding carboxylic acids is 2. The van der Waals surface area contributed by atoms with Crippen molar-refractivity contribution < 1.29 is 9.59 Å². The Labute approximate surface area is 132 Å². The second-order valence-electron chi connectivity index (χ2n) is 6.11. The molecule has 2 unspecified atom stereocenters. The van der Waals surface area contributed by atoms with E-state index in [1.54, 1.807) is 24.1 Å². The molecule has 2 amide bonds. The van der Waals surface area contributed by atoms with Crippen molar-refractivity contribution in [2.45, 2.75) is 32.4 Å². The summed E-state index contributed by atoms with van der Waals surface area (Å²) in [5, 5.41) is 5.90. The SMILES string of the molecule is CNC(=O)c1ccc(CN(C)C(=O)C2CC(C)CCN2)cc1. The van der Waals surface area contributed by atoms with Gasteiger partial charge in [0.05, 0.1) is 6.04 Å². The summed E-state index contributed by atoms with van der Waals surface area (Å²) in [5.74, 6) is 0.633. The van der Waals surface area contributed by atoms with Crippen LogP contribution in [0.4, 0.5) is 0 Å². The van der Waals surface area contributed by atoms with Crippen molar-refractivity contribution in [3.05, 3.63) is 35.4 Å². The number of hydrogen-bond acceptors (Lipinski definition) is 3. The van der Waals surface area contributed by atoms with E-state index in [1.807, 2.05) is 19.2 Å². The molecule has 0 aliphatic carbocycles. The fraction of sp³-hybridized carbons (Fsp3) is 0.529. The lowest BCUT2D eigenvalue weighted by Gasteiger charge is -2.30. The van der Waals surface area contributed by atoms with Gasteiger partial charge < -0.3 is 15.5 Å². The van der Waals surface area contributed by atoms with E-state index in [9.17, 15) is 9.59 Å². The molecule has 120 valence electrons. The number of hydrogen-bond donors (Lipinski definition) is 2. The first-order valence-corrected chi connectivity index (χ1v) is 7.80. The normalized spacial score (nSPS) is 21.2. The van der Waals surface area contributed by atoms with Crippen LogP contribution in [0.3, 0.4) is 0 Å². The summed E-state index contributed by atoms with van der Waals surface area (Å²) in [6.45, 7) is 3.66. The van der Waals surface area contributed by atoms with E-state index in [0.717, 1.165) is 24.9 Å². The molecule has 1 aromatic rings. The van der Waals surface area contributed by atoms with Crippen molar-refractivity contribution in [2.75, 3.05) is 20.6 Å². The highest BCUT2D eigenvalue weighted by Gasteiger charge is 2.26. The number of nitrogens with one attached hydrogen (secondary N) is 2. The van der Waals surface area contributed by atoms with Gasteiger partial charge in [-0.2, -0.15) is 0 Å². The third-order valence-electron chi connectivity index (χ3n) is 4.20. The fourth-order valence-corrected chi connectivity index (χ4v) is 2.82. The van der Waals surface area contributed by atoms with Crippen LogP contribution < -0.4 is 10.6 Å². The fourth-order valence-electron chi connectivity index (χ4n) is 2.82. The minimum atomic E-state index is -0.101. The minimum absolute atomic E-state index is 0.0705. The van der Waals surface area contributed by atoms with Crippen LogP contribution in [0.5, 0.6) is 0 Å². The maximum absolute atomic E-state index is 12.5. The van der Waals surface area contributed by atoms with E-state index >= 15 is 0 Å². The quantitative estimate of drug-likeness (QED) is 0.884. The average molecular weight is 303 g/mol. The van der Waals surface area contributed by atoms with Crippen LogP contribution in [0.15, 0.2) is 24.3 Å². The predicted molar refractivity (Wildman–Crippen MR) is 86.5 cm³/mol. The second-order valence-corrected chi connectivity index (χ2v) is 6.11. The molecule has 1 aromatic carbocycles.